The van der Waals surface area contributed by atoms with Gasteiger partial charge >= 0.3 is 0 Å². The zero-order valence-electron chi connectivity index (χ0n) is 11.0. The lowest BCUT2D eigenvalue weighted by Crippen LogP contribution is -2.12. The molecule has 0 heterocycles. The highest BCUT2D eigenvalue weighted by molar-refractivity contribution is 6.04. The molecule has 0 spiro atoms. The quantitative estimate of drug-likeness (QED) is 0.842. The van der Waals surface area contributed by atoms with Crippen molar-refractivity contribution < 1.29 is 13.9 Å². The van der Waals surface area contributed by atoms with Crippen LogP contribution >= 0.6 is 0 Å². The number of rotatable bonds is 4. The Labute approximate surface area is 116 Å². The van der Waals surface area contributed by atoms with E-state index >= 15 is 0 Å². The molecule has 0 aliphatic heterocycles. The summed E-state index contributed by atoms with van der Waals surface area (Å²) in [6.45, 7) is 2.47. The van der Waals surface area contributed by atoms with Crippen LogP contribution in [0, 0.1) is 5.82 Å². The largest absolute Gasteiger partial charge is 0.494 e. The van der Waals surface area contributed by atoms with Crippen molar-refractivity contribution in [3.05, 3.63) is 53.8 Å². The molecular formula is C15H15FN2O2. The van der Waals surface area contributed by atoms with Gasteiger partial charge in [0.05, 0.1) is 12.3 Å². The van der Waals surface area contributed by atoms with Crippen LogP contribution in [0.4, 0.5) is 15.8 Å². The predicted molar refractivity (Wildman–Crippen MR) is 76.4 cm³/mol. The molecule has 3 N–H and O–H groups in total. The van der Waals surface area contributed by atoms with Crippen LogP contribution in [-0.2, 0) is 0 Å². The van der Waals surface area contributed by atoms with Crippen LogP contribution in [0.5, 0.6) is 5.75 Å². The van der Waals surface area contributed by atoms with Gasteiger partial charge in [-0.1, -0.05) is 0 Å². The van der Waals surface area contributed by atoms with Gasteiger partial charge in [0.1, 0.15) is 11.6 Å². The number of anilines is 2. The van der Waals surface area contributed by atoms with Crippen LogP contribution in [-0.4, -0.2) is 12.5 Å². The number of hydrogen-bond acceptors (Lipinski definition) is 3. The number of carbonyl (C=O) groups excluding carboxylic acids is 1. The zero-order valence-corrected chi connectivity index (χ0v) is 11.0. The molecule has 20 heavy (non-hydrogen) atoms. The Morgan fingerprint density at radius 3 is 2.55 bits per heavy atom. The van der Waals surface area contributed by atoms with Crippen molar-refractivity contribution in [1.29, 1.82) is 0 Å². The highest BCUT2D eigenvalue weighted by Gasteiger charge is 2.08. The van der Waals surface area contributed by atoms with Crippen LogP contribution in [0.3, 0.4) is 0 Å². The molecule has 1 amide bonds. The number of amides is 1. The Hall–Kier alpha value is -2.56. The van der Waals surface area contributed by atoms with Gasteiger partial charge in [-0.25, -0.2) is 4.39 Å². The van der Waals surface area contributed by atoms with Crippen molar-refractivity contribution in [2.75, 3.05) is 17.7 Å². The first-order valence-corrected chi connectivity index (χ1v) is 6.19. The fourth-order valence-electron chi connectivity index (χ4n) is 1.67. The van der Waals surface area contributed by atoms with E-state index in [4.69, 9.17) is 10.5 Å². The zero-order chi connectivity index (χ0) is 14.5. The van der Waals surface area contributed by atoms with Crippen LogP contribution in [0.2, 0.25) is 0 Å². The fourth-order valence-corrected chi connectivity index (χ4v) is 1.67. The van der Waals surface area contributed by atoms with Crippen molar-refractivity contribution in [2.45, 2.75) is 6.92 Å². The Morgan fingerprint density at radius 1 is 1.25 bits per heavy atom. The first kappa shape index (κ1) is 13.9. The molecule has 104 valence electrons. The van der Waals surface area contributed by atoms with Crippen molar-refractivity contribution in [3.63, 3.8) is 0 Å². The summed E-state index contributed by atoms with van der Waals surface area (Å²) < 4.78 is 18.6. The van der Waals surface area contributed by atoms with E-state index in [0.29, 0.717) is 12.3 Å². The second-order valence-corrected chi connectivity index (χ2v) is 4.15. The first-order chi connectivity index (χ1) is 9.60. The number of hydrogen-bond donors (Lipinski definition) is 2. The van der Waals surface area contributed by atoms with E-state index in [1.807, 2.05) is 6.92 Å². The Bertz CT molecular complexity index is 612. The summed E-state index contributed by atoms with van der Waals surface area (Å²) in [7, 11) is 0. The molecule has 0 atom stereocenters. The molecule has 0 aliphatic rings. The van der Waals surface area contributed by atoms with E-state index in [1.165, 1.54) is 12.1 Å². The molecule has 0 bridgehead atoms. The highest BCUT2D eigenvalue weighted by atomic mass is 19.1. The van der Waals surface area contributed by atoms with E-state index in [0.717, 1.165) is 11.8 Å². The minimum Gasteiger partial charge on any atom is -0.494 e. The van der Waals surface area contributed by atoms with Crippen LogP contribution < -0.4 is 15.8 Å². The summed E-state index contributed by atoms with van der Waals surface area (Å²) >= 11 is 0. The van der Waals surface area contributed by atoms with Gasteiger partial charge in [-0.3, -0.25) is 4.79 Å². The predicted octanol–water partition coefficient (Wildman–Crippen LogP) is 3.06. The maximum atomic E-state index is 13.3. The van der Waals surface area contributed by atoms with Crippen LogP contribution in [0.15, 0.2) is 42.5 Å². The van der Waals surface area contributed by atoms with Gasteiger partial charge in [-0.15, -0.1) is 0 Å². The monoisotopic (exact) mass is 274 g/mol. The summed E-state index contributed by atoms with van der Waals surface area (Å²) in [6.07, 6.45) is 0. The van der Waals surface area contributed by atoms with Gasteiger partial charge in [0, 0.05) is 11.3 Å². The molecule has 5 heteroatoms. The van der Waals surface area contributed by atoms with Gasteiger partial charge in [0.25, 0.3) is 5.91 Å². The smallest absolute Gasteiger partial charge is 0.255 e. The second-order valence-electron chi connectivity index (χ2n) is 4.15. The third-order valence-corrected chi connectivity index (χ3v) is 2.69. The number of ether oxygens (including phenoxy) is 1. The Morgan fingerprint density at radius 2 is 1.95 bits per heavy atom. The summed E-state index contributed by atoms with van der Waals surface area (Å²) in [6, 6.07) is 10.9. The molecule has 2 aromatic carbocycles. The van der Waals surface area contributed by atoms with Gasteiger partial charge in [0.2, 0.25) is 0 Å². The lowest BCUT2D eigenvalue weighted by Gasteiger charge is -2.07. The summed E-state index contributed by atoms with van der Waals surface area (Å²) in [5.41, 5.74) is 6.20. The lowest BCUT2D eigenvalue weighted by molar-refractivity contribution is 0.102. The molecule has 0 fully saturated rings. The lowest BCUT2D eigenvalue weighted by atomic mass is 10.2. The number of carbonyl (C=O) groups is 1. The first-order valence-electron chi connectivity index (χ1n) is 6.19. The molecule has 0 radical (unpaired) electrons. The number of nitrogens with two attached hydrogens (primary N) is 1. The summed E-state index contributed by atoms with van der Waals surface area (Å²) in [4.78, 5) is 11.9. The summed E-state index contributed by atoms with van der Waals surface area (Å²) in [5, 5.41) is 2.67. The number of nitrogen functional groups attached to an aromatic ring is 1. The Kier molecular flexibility index (Phi) is 4.20. The average molecular weight is 274 g/mol. The third kappa shape index (κ3) is 3.26. The molecule has 4 nitrogen and oxygen atoms in total. The molecule has 2 rings (SSSR count). The minimum atomic E-state index is -0.607. The average Bonchev–Trinajstić information content (AvgIpc) is 2.44. The maximum Gasteiger partial charge on any atom is 0.255 e. The molecular weight excluding hydrogens is 259 g/mol. The van der Waals surface area contributed by atoms with E-state index < -0.39 is 11.7 Å². The van der Waals surface area contributed by atoms with Crippen molar-refractivity contribution in [2.24, 2.45) is 0 Å². The van der Waals surface area contributed by atoms with E-state index in [9.17, 15) is 9.18 Å². The van der Waals surface area contributed by atoms with Crippen LogP contribution in [0.1, 0.15) is 17.3 Å². The van der Waals surface area contributed by atoms with Gasteiger partial charge < -0.3 is 15.8 Å². The normalized spacial score (nSPS) is 10.1. The molecule has 2 aromatic rings. The molecule has 0 saturated carbocycles. The molecule has 0 aromatic heterocycles. The van der Waals surface area contributed by atoms with Crippen LogP contribution in [0.25, 0.3) is 0 Å². The van der Waals surface area contributed by atoms with Crippen molar-refractivity contribution in [3.8, 4) is 5.75 Å². The number of benzene rings is 2. The van der Waals surface area contributed by atoms with Crippen molar-refractivity contribution >= 4 is 17.3 Å². The number of halogens is 1. The third-order valence-electron chi connectivity index (χ3n) is 2.69. The standard InChI is InChI=1S/C15H15FN2O2/c1-2-20-12-6-4-11(5-7-12)18-15(19)10-3-8-14(17)13(16)9-10/h3-9H,2,17H2,1H3,(H,18,19). The number of nitrogens with one attached hydrogen (secondary N) is 1. The van der Waals surface area contributed by atoms with Gasteiger partial charge in [-0.2, -0.15) is 0 Å². The second kappa shape index (κ2) is 6.06. The highest BCUT2D eigenvalue weighted by Crippen LogP contribution is 2.17. The molecule has 0 aliphatic carbocycles. The Balaban J connectivity index is 2.08. The van der Waals surface area contributed by atoms with E-state index in [2.05, 4.69) is 5.32 Å². The van der Waals surface area contributed by atoms with Crippen molar-refractivity contribution in [1.82, 2.24) is 0 Å². The SMILES string of the molecule is CCOc1ccc(NC(=O)c2ccc(N)c(F)c2)cc1. The fraction of sp³-hybridized carbons (Fsp3) is 0.133. The maximum absolute atomic E-state index is 13.3. The summed E-state index contributed by atoms with van der Waals surface area (Å²) in [5.74, 6) is -0.276. The van der Waals surface area contributed by atoms with E-state index in [-0.39, 0.29) is 11.3 Å². The molecule has 0 saturated heterocycles. The topological polar surface area (TPSA) is 64.3 Å². The van der Waals surface area contributed by atoms with Gasteiger partial charge in [0.15, 0.2) is 0 Å². The van der Waals surface area contributed by atoms with Gasteiger partial charge in [-0.05, 0) is 49.4 Å². The van der Waals surface area contributed by atoms with E-state index in [1.54, 1.807) is 24.3 Å². The molecule has 0 unspecified atom stereocenters. The minimum absolute atomic E-state index is 0.0163.